The summed E-state index contributed by atoms with van der Waals surface area (Å²) in [5.74, 6) is 2.44. The van der Waals surface area contributed by atoms with Crippen LogP contribution in [0.4, 0.5) is 17.3 Å². The molecule has 2 heterocycles. The third-order valence-electron chi connectivity index (χ3n) is 3.26. The fraction of sp³-hybridized carbons (Fsp3) is 0.333. The smallest absolute Gasteiger partial charge is 0.136 e. The predicted molar refractivity (Wildman–Crippen MR) is 84.5 cm³/mol. The van der Waals surface area contributed by atoms with Crippen molar-refractivity contribution in [2.75, 3.05) is 36.5 Å². The summed E-state index contributed by atoms with van der Waals surface area (Å²) >= 11 is 6.00. The standard InChI is InChI=1S/C15H17ClN4O/c1-11-17-14(19-13-4-2-3-12(16)9-13)10-15(18-11)20-5-7-21-8-6-20/h2-4,9-10H,5-8H2,1H3,(H,17,18,19). The molecule has 0 spiro atoms. The number of rotatable bonds is 3. The average molecular weight is 305 g/mol. The number of benzene rings is 1. The fourth-order valence-corrected chi connectivity index (χ4v) is 2.47. The van der Waals surface area contributed by atoms with Crippen molar-refractivity contribution in [3.8, 4) is 0 Å². The van der Waals surface area contributed by atoms with Gasteiger partial charge in [0.2, 0.25) is 0 Å². The molecule has 0 unspecified atom stereocenters. The summed E-state index contributed by atoms with van der Waals surface area (Å²) < 4.78 is 5.38. The van der Waals surface area contributed by atoms with Crippen LogP contribution in [0.3, 0.4) is 0 Å². The highest BCUT2D eigenvalue weighted by molar-refractivity contribution is 6.30. The summed E-state index contributed by atoms with van der Waals surface area (Å²) in [4.78, 5) is 11.1. The monoisotopic (exact) mass is 304 g/mol. The van der Waals surface area contributed by atoms with Gasteiger partial charge < -0.3 is 15.0 Å². The van der Waals surface area contributed by atoms with Crippen LogP contribution in [0.1, 0.15) is 5.82 Å². The van der Waals surface area contributed by atoms with Crippen LogP contribution in [-0.4, -0.2) is 36.3 Å². The quantitative estimate of drug-likeness (QED) is 0.944. The highest BCUT2D eigenvalue weighted by Crippen LogP contribution is 2.22. The Balaban J connectivity index is 1.83. The molecule has 3 rings (SSSR count). The van der Waals surface area contributed by atoms with Gasteiger partial charge in [0.25, 0.3) is 0 Å². The predicted octanol–water partition coefficient (Wildman–Crippen LogP) is 3.02. The van der Waals surface area contributed by atoms with Gasteiger partial charge in [-0.25, -0.2) is 9.97 Å². The highest BCUT2D eigenvalue weighted by atomic mass is 35.5. The molecule has 1 saturated heterocycles. The van der Waals surface area contributed by atoms with Gasteiger partial charge in [0.1, 0.15) is 17.5 Å². The Kier molecular flexibility index (Phi) is 4.22. The molecule has 1 fully saturated rings. The normalized spacial score (nSPS) is 15.0. The number of halogens is 1. The van der Waals surface area contributed by atoms with Crippen LogP contribution in [0, 0.1) is 6.92 Å². The van der Waals surface area contributed by atoms with E-state index in [9.17, 15) is 0 Å². The zero-order valence-corrected chi connectivity index (χ0v) is 12.6. The molecule has 0 aliphatic carbocycles. The summed E-state index contributed by atoms with van der Waals surface area (Å²) in [6.07, 6.45) is 0. The van der Waals surface area contributed by atoms with Crippen molar-refractivity contribution in [3.63, 3.8) is 0 Å². The van der Waals surface area contributed by atoms with Crippen LogP contribution in [0.5, 0.6) is 0 Å². The van der Waals surface area contributed by atoms with Crippen LogP contribution in [0.15, 0.2) is 30.3 Å². The molecule has 1 aliphatic heterocycles. The van der Waals surface area contributed by atoms with Crippen LogP contribution in [0.2, 0.25) is 5.02 Å². The molecule has 6 heteroatoms. The number of aryl methyl sites for hydroxylation is 1. The number of aromatic nitrogens is 2. The molecule has 0 atom stereocenters. The lowest BCUT2D eigenvalue weighted by atomic mass is 10.3. The van der Waals surface area contributed by atoms with E-state index in [0.29, 0.717) is 5.02 Å². The maximum atomic E-state index is 6.00. The molecule has 0 radical (unpaired) electrons. The summed E-state index contributed by atoms with van der Waals surface area (Å²) in [5.41, 5.74) is 0.911. The van der Waals surface area contributed by atoms with Gasteiger partial charge in [0, 0.05) is 29.9 Å². The number of nitrogens with zero attached hydrogens (tertiary/aromatic N) is 3. The van der Waals surface area contributed by atoms with Gasteiger partial charge in [-0.15, -0.1) is 0 Å². The van der Waals surface area contributed by atoms with Crippen molar-refractivity contribution in [1.29, 1.82) is 0 Å². The zero-order chi connectivity index (χ0) is 14.7. The minimum Gasteiger partial charge on any atom is -0.378 e. The third kappa shape index (κ3) is 3.62. The molecule has 0 bridgehead atoms. The topological polar surface area (TPSA) is 50.3 Å². The van der Waals surface area contributed by atoms with Gasteiger partial charge in [-0.2, -0.15) is 0 Å². The number of hydrogen-bond donors (Lipinski definition) is 1. The second-order valence-corrected chi connectivity index (χ2v) is 5.33. The second kappa shape index (κ2) is 6.28. The molecule has 2 aromatic rings. The Bertz CT molecular complexity index is 629. The molecule has 21 heavy (non-hydrogen) atoms. The number of ether oxygens (including phenoxy) is 1. The van der Waals surface area contributed by atoms with Gasteiger partial charge in [0.05, 0.1) is 13.2 Å². The maximum absolute atomic E-state index is 6.00. The summed E-state index contributed by atoms with van der Waals surface area (Å²) in [6, 6.07) is 9.53. The van der Waals surface area contributed by atoms with E-state index in [1.807, 2.05) is 37.3 Å². The first-order chi connectivity index (χ1) is 10.2. The molecular formula is C15H17ClN4O. The molecular weight excluding hydrogens is 288 g/mol. The third-order valence-corrected chi connectivity index (χ3v) is 3.49. The van der Waals surface area contributed by atoms with Crippen LogP contribution in [0.25, 0.3) is 0 Å². The van der Waals surface area contributed by atoms with Crippen LogP contribution in [-0.2, 0) is 4.74 Å². The van der Waals surface area contributed by atoms with Crippen molar-refractivity contribution in [3.05, 3.63) is 41.2 Å². The van der Waals surface area contributed by atoms with E-state index in [4.69, 9.17) is 16.3 Å². The minimum atomic E-state index is 0.694. The molecule has 0 saturated carbocycles. The summed E-state index contributed by atoms with van der Waals surface area (Å²) in [6.45, 7) is 5.08. The van der Waals surface area contributed by atoms with E-state index in [2.05, 4.69) is 20.2 Å². The molecule has 110 valence electrons. The Hall–Kier alpha value is -1.85. The molecule has 1 N–H and O–H groups in total. The number of hydrogen-bond acceptors (Lipinski definition) is 5. The lowest BCUT2D eigenvalue weighted by Crippen LogP contribution is -2.36. The summed E-state index contributed by atoms with van der Waals surface area (Å²) in [7, 11) is 0. The summed E-state index contributed by atoms with van der Waals surface area (Å²) in [5, 5.41) is 3.97. The highest BCUT2D eigenvalue weighted by Gasteiger charge is 2.14. The number of morpholine rings is 1. The second-order valence-electron chi connectivity index (χ2n) is 4.89. The van der Waals surface area contributed by atoms with E-state index in [0.717, 1.165) is 49.5 Å². The van der Waals surface area contributed by atoms with E-state index in [1.165, 1.54) is 0 Å². The zero-order valence-electron chi connectivity index (χ0n) is 11.8. The van der Waals surface area contributed by atoms with Gasteiger partial charge in [-0.1, -0.05) is 17.7 Å². The Morgan fingerprint density at radius 1 is 1.19 bits per heavy atom. The Morgan fingerprint density at radius 3 is 2.76 bits per heavy atom. The molecule has 1 aromatic heterocycles. The number of nitrogens with one attached hydrogen (secondary N) is 1. The van der Waals surface area contributed by atoms with Crippen molar-refractivity contribution in [2.24, 2.45) is 0 Å². The van der Waals surface area contributed by atoms with Gasteiger partial charge in [0.15, 0.2) is 0 Å². The van der Waals surface area contributed by atoms with Crippen molar-refractivity contribution < 1.29 is 4.74 Å². The van der Waals surface area contributed by atoms with Crippen molar-refractivity contribution in [1.82, 2.24) is 9.97 Å². The van der Waals surface area contributed by atoms with Gasteiger partial charge >= 0.3 is 0 Å². The first-order valence-electron chi connectivity index (χ1n) is 6.92. The first-order valence-corrected chi connectivity index (χ1v) is 7.29. The lowest BCUT2D eigenvalue weighted by Gasteiger charge is -2.28. The number of anilines is 3. The first kappa shape index (κ1) is 14.1. The van der Waals surface area contributed by atoms with Crippen LogP contribution >= 0.6 is 11.6 Å². The van der Waals surface area contributed by atoms with E-state index < -0.39 is 0 Å². The average Bonchev–Trinajstić information content (AvgIpc) is 2.47. The van der Waals surface area contributed by atoms with Gasteiger partial charge in [-0.3, -0.25) is 0 Å². The SMILES string of the molecule is Cc1nc(Nc2cccc(Cl)c2)cc(N2CCOCC2)n1. The van der Waals surface area contributed by atoms with E-state index >= 15 is 0 Å². The van der Waals surface area contributed by atoms with Crippen LogP contribution < -0.4 is 10.2 Å². The lowest BCUT2D eigenvalue weighted by molar-refractivity contribution is 0.122. The van der Waals surface area contributed by atoms with Crippen molar-refractivity contribution >= 4 is 28.9 Å². The molecule has 0 amide bonds. The van der Waals surface area contributed by atoms with Gasteiger partial charge in [-0.05, 0) is 25.1 Å². The Morgan fingerprint density at radius 2 is 2.00 bits per heavy atom. The van der Waals surface area contributed by atoms with E-state index in [-0.39, 0.29) is 0 Å². The molecule has 1 aromatic carbocycles. The van der Waals surface area contributed by atoms with E-state index in [1.54, 1.807) is 0 Å². The molecule has 5 nitrogen and oxygen atoms in total. The largest absolute Gasteiger partial charge is 0.378 e. The maximum Gasteiger partial charge on any atom is 0.136 e. The molecule has 1 aliphatic rings. The van der Waals surface area contributed by atoms with Crippen molar-refractivity contribution in [2.45, 2.75) is 6.92 Å². The Labute approximate surface area is 128 Å². The minimum absolute atomic E-state index is 0.694. The fourth-order valence-electron chi connectivity index (χ4n) is 2.28.